The van der Waals surface area contributed by atoms with Gasteiger partial charge in [0.1, 0.15) is 0 Å². The maximum atomic E-state index is 12.3. The number of thiocarbonyl (C=S) groups is 1. The predicted molar refractivity (Wildman–Crippen MR) is 114 cm³/mol. The average molecular weight is 441 g/mol. The van der Waals surface area contributed by atoms with Gasteiger partial charge >= 0.3 is 11.9 Å². The zero-order chi connectivity index (χ0) is 22.1. The summed E-state index contributed by atoms with van der Waals surface area (Å²) in [4.78, 5) is 48.1. The number of likely N-dealkylation sites (tertiary alicyclic amines) is 1. The molecule has 9 heteroatoms. The summed E-state index contributed by atoms with van der Waals surface area (Å²) in [6, 6.07) is 0. The summed E-state index contributed by atoms with van der Waals surface area (Å²) < 4.78 is 0. The van der Waals surface area contributed by atoms with Gasteiger partial charge in [0.25, 0.3) is 0 Å². The number of carbonyl (C=O) groups excluding carboxylic acids is 2. The molecule has 1 saturated heterocycles. The smallest absolute Gasteiger partial charge is 0.303 e. The van der Waals surface area contributed by atoms with Gasteiger partial charge in [-0.25, -0.2) is 0 Å². The van der Waals surface area contributed by atoms with Crippen LogP contribution in [-0.4, -0.2) is 56.9 Å². The van der Waals surface area contributed by atoms with Crippen molar-refractivity contribution in [3.05, 3.63) is 0 Å². The lowest BCUT2D eigenvalue weighted by Gasteiger charge is -2.31. The van der Waals surface area contributed by atoms with Crippen molar-refractivity contribution in [3.63, 3.8) is 0 Å². The molecule has 0 aromatic carbocycles. The van der Waals surface area contributed by atoms with Crippen LogP contribution in [0.2, 0.25) is 0 Å². The zero-order valence-corrected chi connectivity index (χ0v) is 18.1. The molecule has 2 amide bonds. The van der Waals surface area contributed by atoms with Crippen LogP contribution in [0.15, 0.2) is 0 Å². The van der Waals surface area contributed by atoms with E-state index in [0.29, 0.717) is 43.3 Å². The first kappa shape index (κ1) is 24.2. The number of hydrogen-bond acceptors (Lipinski definition) is 5. The number of rotatable bonds is 12. The van der Waals surface area contributed by atoms with Gasteiger partial charge in [0, 0.05) is 44.2 Å². The number of carboxylic acids is 2. The van der Waals surface area contributed by atoms with Gasteiger partial charge in [-0.2, -0.15) is 0 Å². The van der Waals surface area contributed by atoms with E-state index in [1.807, 2.05) is 0 Å². The standard InChI is InChI=1S/C21H32N2O6S/c24-17-12-16(9-10-19(27)28)21(30)23(17)13-14-5-7-15(8-6-14)20(29)22-11-3-1-2-4-18(25)26/h14-16H,1-13H2,(H,22,29)(H,25,26)(H,27,28). The van der Waals surface area contributed by atoms with Crippen LogP contribution in [0, 0.1) is 17.8 Å². The molecular weight excluding hydrogens is 408 g/mol. The molecular formula is C21H32N2O6S. The van der Waals surface area contributed by atoms with Crippen LogP contribution < -0.4 is 5.32 Å². The van der Waals surface area contributed by atoms with Gasteiger partial charge in [0.05, 0.1) is 4.99 Å². The fourth-order valence-corrected chi connectivity index (χ4v) is 4.64. The lowest BCUT2D eigenvalue weighted by Crippen LogP contribution is -2.38. The van der Waals surface area contributed by atoms with Crippen molar-refractivity contribution in [2.45, 2.75) is 70.6 Å². The molecule has 1 aliphatic carbocycles. The van der Waals surface area contributed by atoms with E-state index < -0.39 is 11.9 Å². The number of hydrogen-bond donors (Lipinski definition) is 3. The SMILES string of the molecule is O=C(O)CCCCCNC(=O)C1CCC(CN2C(=O)CC(CCC(=O)O)C2=S)CC1. The minimum Gasteiger partial charge on any atom is -0.481 e. The summed E-state index contributed by atoms with van der Waals surface area (Å²) in [5, 5.41) is 20.4. The van der Waals surface area contributed by atoms with E-state index in [-0.39, 0.29) is 36.5 Å². The highest BCUT2D eigenvalue weighted by Gasteiger charge is 2.37. The quantitative estimate of drug-likeness (QED) is 0.315. The van der Waals surface area contributed by atoms with Gasteiger partial charge in [0.15, 0.2) is 0 Å². The van der Waals surface area contributed by atoms with Crippen LogP contribution in [0.1, 0.15) is 70.6 Å². The number of carboxylic acid groups (broad SMARTS) is 2. The van der Waals surface area contributed by atoms with E-state index in [0.717, 1.165) is 38.5 Å². The molecule has 2 fully saturated rings. The van der Waals surface area contributed by atoms with E-state index in [1.54, 1.807) is 4.90 Å². The monoisotopic (exact) mass is 440 g/mol. The zero-order valence-electron chi connectivity index (χ0n) is 17.3. The summed E-state index contributed by atoms with van der Waals surface area (Å²) in [7, 11) is 0. The molecule has 1 aliphatic heterocycles. The van der Waals surface area contributed by atoms with Crippen molar-refractivity contribution in [1.29, 1.82) is 0 Å². The summed E-state index contributed by atoms with van der Waals surface area (Å²) in [6.45, 7) is 1.14. The van der Waals surface area contributed by atoms with Crippen LogP contribution in [-0.2, 0) is 19.2 Å². The molecule has 0 aromatic heterocycles. The Kier molecular flexibility index (Phi) is 9.68. The molecule has 2 aliphatic rings. The molecule has 1 atom stereocenters. The van der Waals surface area contributed by atoms with E-state index in [4.69, 9.17) is 22.4 Å². The van der Waals surface area contributed by atoms with Gasteiger partial charge in [-0.05, 0) is 50.9 Å². The van der Waals surface area contributed by atoms with Crippen molar-refractivity contribution in [2.75, 3.05) is 13.1 Å². The maximum absolute atomic E-state index is 12.3. The molecule has 30 heavy (non-hydrogen) atoms. The summed E-state index contributed by atoms with van der Waals surface area (Å²) in [5.41, 5.74) is 0. The van der Waals surface area contributed by atoms with Gasteiger partial charge in [-0.15, -0.1) is 0 Å². The number of unbranched alkanes of at least 4 members (excludes halogenated alkanes) is 2. The highest BCUT2D eigenvalue weighted by atomic mass is 32.1. The number of nitrogens with zero attached hydrogens (tertiary/aromatic N) is 1. The molecule has 1 heterocycles. The van der Waals surface area contributed by atoms with E-state index in [2.05, 4.69) is 5.32 Å². The van der Waals surface area contributed by atoms with Crippen molar-refractivity contribution in [1.82, 2.24) is 10.2 Å². The Labute approximate surface area is 182 Å². The van der Waals surface area contributed by atoms with Gasteiger partial charge in [-0.1, -0.05) is 18.6 Å². The third kappa shape index (κ3) is 7.66. The number of aliphatic carboxylic acids is 2. The van der Waals surface area contributed by atoms with Crippen molar-refractivity contribution in [2.24, 2.45) is 17.8 Å². The topological polar surface area (TPSA) is 124 Å². The second-order valence-corrected chi connectivity index (χ2v) is 8.81. The molecule has 0 radical (unpaired) electrons. The first-order valence-corrected chi connectivity index (χ1v) is 11.2. The minimum absolute atomic E-state index is 0.00943. The summed E-state index contributed by atoms with van der Waals surface area (Å²) in [6.07, 6.45) is 6.39. The fourth-order valence-electron chi connectivity index (χ4n) is 4.27. The van der Waals surface area contributed by atoms with Crippen LogP contribution in [0.3, 0.4) is 0 Å². The van der Waals surface area contributed by atoms with Gasteiger partial charge in [0.2, 0.25) is 11.8 Å². The number of carbonyl (C=O) groups is 4. The fraction of sp³-hybridized carbons (Fsp3) is 0.762. The lowest BCUT2D eigenvalue weighted by atomic mass is 9.81. The average Bonchev–Trinajstić information content (AvgIpc) is 2.96. The summed E-state index contributed by atoms with van der Waals surface area (Å²) >= 11 is 5.43. The maximum Gasteiger partial charge on any atom is 0.303 e. The third-order valence-corrected chi connectivity index (χ3v) is 6.62. The first-order chi connectivity index (χ1) is 14.3. The Morgan fingerprint density at radius 2 is 1.67 bits per heavy atom. The van der Waals surface area contributed by atoms with Crippen LogP contribution in [0.4, 0.5) is 0 Å². The molecule has 0 aromatic rings. The summed E-state index contributed by atoms with van der Waals surface area (Å²) in [5.74, 6) is -1.47. The molecule has 1 saturated carbocycles. The molecule has 2 rings (SSSR count). The Balaban J connectivity index is 1.66. The molecule has 8 nitrogen and oxygen atoms in total. The number of amides is 2. The third-order valence-electron chi connectivity index (χ3n) is 6.07. The van der Waals surface area contributed by atoms with Crippen LogP contribution in [0.25, 0.3) is 0 Å². The Morgan fingerprint density at radius 1 is 1.00 bits per heavy atom. The highest BCUT2D eigenvalue weighted by molar-refractivity contribution is 7.80. The van der Waals surface area contributed by atoms with Gasteiger partial charge in [-0.3, -0.25) is 19.2 Å². The van der Waals surface area contributed by atoms with Crippen molar-refractivity contribution < 1.29 is 29.4 Å². The van der Waals surface area contributed by atoms with E-state index in [1.165, 1.54) is 0 Å². The Morgan fingerprint density at radius 3 is 2.30 bits per heavy atom. The highest BCUT2D eigenvalue weighted by Crippen LogP contribution is 2.32. The van der Waals surface area contributed by atoms with Gasteiger partial charge < -0.3 is 20.4 Å². The molecule has 3 N–H and O–H groups in total. The normalized spacial score (nSPS) is 24.1. The second kappa shape index (κ2) is 12.0. The molecule has 1 unspecified atom stereocenters. The lowest BCUT2D eigenvalue weighted by molar-refractivity contribution is -0.138. The molecule has 0 bridgehead atoms. The minimum atomic E-state index is -0.874. The molecule has 0 spiro atoms. The Hall–Kier alpha value is -2.03. The number of nitrogens with one attached hydrogen (secondary N) is 1. The van der Waals surface area contributed by atoms with E-state index >= 15 is 0 Å². The van der Waals surface area contributed by atoms with Crippen LogP contribution in [0.5, 0.6) is 0 Å². The molecule has 168 valence electrons. The van der Waals surface area contributed by atoms with Crippen molar-refractivity contribution >= 4 is 41.0 Å². The van der Waals surface area contributed by atoms with Crippen molar-refractivity contribution in [3.8, 4) is 0 Å². The largest absolute Gasteiger partial charge is 0.481 e. The van der Waals surface area contributed by atoms with E-state index in [9.17, 15) is 19.2 Å². The first-order valence-electron chi connectivity index (χ1n) is 10.8. The Bertz CT molecular complexity index is 660. The predicted octanol–water partition coefficient (Wildman–Crippen LogP) is 2.59. The van der Waals surface area contributed by atoms with Crippen LogP contribution >= 0.6 is 12.2 Å². The second-order valence-electron chi connectivity index (χ2n) is 8.39.